The van der Waals surface area contributed by atoms with Gasteiger partial charge in [-0.25, -0.2) is 4.39 Å². The molecule has 0 nitrogen and oxygen atoms in total. The fraction of sp³-hybridized carbons (Fsp3) is 0.680. The van der Waals surface area contributed by atoms with E-state index in [1.807, 2.05) is 0 Å². The summed E-state index contributed by atoms with van der Waals surface area (Å²) in [5.41, 5.74) is 3.08. The lowest BCUT2D eigenvalue weighted by atomic mass is 9.68. The Hall–Kier alpha value is -1.11. The molecule has 1 aromatic carbocycles. The molecular weight excluding hydrogens is 319 g/mol. The maximum absolute atomic E-state index is 12.2. The molecule has 0 bridgehead atoms. The summed E-state index contributed by atoms with van der Waals surface area (Å²) in [6.07, 6.45) is 18.2. The maximum atomic E-state index is 12.2. The van der Waals surface area contributed by atoms with Gasteiger partial charge < -0.3 is 0 Å². The van der Waals surface area contributed by atoms with Gasteiger partial charge in [0.1, 0.15) is 0 Å². The van der Waals surface area contributed by atoms with Gasteiger partial charge in [0.2, 0.25) is 0 Å². The van der Waals surface area contributed by atoms with Gasteiger partial charge in [-0.1, -0.05) is 43.7 Å². The molecule has 0 aromatic heterocycles. The molecule has 2 fully saturated rings. The molecule has 0 radical (unpaired) electrons. The molecule has 1 aromatic rings. The Morgan fingerprint density at radius 1 is 0.885 bits per heavy atom. The van der Waals surface area contributed by atoms with Crippen LogP contribution in [0.1, 0.15) is 94.6 Å². The summed E-state index contributed by atoms with van der Waals surface area (Å²) in [4.78, 5) is 0. The molecule has 0 heterocycles. The molecule has 1 heteroatoms. The molecule has 2 saturated carbocycles. The van der Waals surface area contributed by atoms with Crippen LogP contribution in [0.2, 0.25) is 0 Å². The number of hydrogen-bond acceptors (Lipinski definition) is 0. The summed E-state index contributed by atoms with van der Waals surface area (Å²) in [6, 6.07) is 9.54. The Kier molecular flexibility index (Phi) is 7.77. The zero-order valence-electron chi connectivity index (χ0n) is 16.6. The van der Waals surface area contributed by atoms with Crippen molar-refractivity contribution in [2.24, 2.45) is 17.8 Å². The molecule has 3 rings (SSSR count). The van der Waals surface area contributed by atoms with E-state index in [1.54, 1.807) is 11.6 Å². The zero-order valence-corrected chi connectivity index (χ0v) is 16.6. The number of halogens is 1. The topological polar surface area (TPSA) is 0 Å². The van der Waals surface area contributed by atoms with Crippen molar-refractivity contribution in [2.45, 2.75) is 89.9 Å². The largest absolute Gasteiger partial charge is 0.216 e. The Balaban J connectivity index is 1.43. The van der Waals surface area contributed by atoms with E-state index in [0.29, 0.717) is 0 Å². The van der Waals surface area contributed by atoms with Gasteiger partial charge in [-0.2, -0.15) is 0 Å². The first-order valence-electron chi connectivity index (χ1n) is 11.1. The summed E-state index contributed by atoms with van der Waals surface area (Å²) < 4.78 is 12.2. The van der Waals surface area contributed by atoms with Gasteiger partial charge in [-0.3, -0.25) is 0 Å². The molecule has 144 valence electrons. The smallest absolute Gasteiger partial charge is 0.0827 e. The van der Waals surface area contributed by atoms with Crippen LogP contribution in [-0.2, 0) is 6.42 Å². The van der Waals surface area contributed by atoms with Crippen LogP contribution >= 0.6 is 0 Å². The molecule has 2 aliphatic rings. The van der Waals surface area contributed by atoms with E-state index in [4.69, 9.17) is 0 Å². The monoisotopic (exact) mass is 356 g/mol. The van der Waals surface area contributed by atoms with Gasteiger partial charge >= 0.3 is 0 Å². The summed E-state index contributed by atoms with van der Waals surface area (Å²) in [6.45, 7) is 2.26. The third-order valence-corrected chi connectivity index (χ3v) is 7.16. The first-order chi connectivity index (χ1) is 12.8. The number of hydrogen-bond donors (Lipinski definition) is 0. The van der Waals surface area contributed by atoms with Gasteiger partial charge in [-0.05, 0) is 105 Å². The molecule has 0 spiro atoms. The summed E-state index contributed by atoms with van der Waals surface area (Å²) in [5.74, 6) is 3.42. The van der Waals surface area contributed by atoms with Crippen molar-refractivity contribution in [2.75, 3.05) is 0 Å². The minimum absolute atomic E-state index is 0.726. The Bertz CT molecular complexity index is 528. The van der Waals surface area contributed by atoms with Crippen LogP contribution < -0.4 is 0 Å². The Morgan fingerprint density at radius 3 is 2.08 bits per heavy atom. The van der Waals surface area contributed by atoms with Gasteiger partial charge in [-0.15, -0.1) is 0 Å². The van der Waals surface area contributed by atoms with E-state index < -0.39 is 0 Å². The average Bonchev–Trinajstić information content (AvgIpc) is 2.72. The Morgan fingerprint density at radius 2 is 1.50 bits per heavy atom. The molecule has 26 heavy (non-hydrogen) atoms. The highest BCUT2D eigenvalue weighted by Gasteiger charge is 2.30. The highest BCUT2D eigenvalue weighted by atomic mass is 19.1. The highest BCUT2D eigenvalue weighted by Crippen LogP contribution is 2.44. The van der Waals surface area contributed by atoms with Crippen molar-refractivity contribution >= 4 is 0 Å². The molecule has 2 aliphatic carbocycles. The SMILES string of the molecule is CCCCc1ccc(C2CCC(C3CCC(C/C=C/F)CC3)CC2)cc1. The lowest BCUT2D eigenvalue weighted by molar-refractivity contribution is 0.160. The van der Waals surface area contributed by atoms with E-state index in [1.165, 1.54) is 76.2 Å². The third-order valence-electron chi connectivity index (χ3n) is 7.16. The van der Waals surface area contributed by atoms with E-state index in [0.717, 1.165) is 36.4 Å². The minimum atomic E-state index is 0.726. The van der Waals surface area contributed by atoms with Crippen molar-refractivity contribution in [1.29, 1.82) is 0 Å². The van der Waals surface area contributed by atoms with Crippen LogP contribution in [-0.4, -0.2) is 0 Å². The summed E-state index contributed by atoms with van der Waals surface area (Å²) in [5, 5.41) is 0. The van der Waals surface area contributed by atoms with Crippen LogP contribution in [0.3, 0.4) is 0 Å². The molecule has 0 aliphatic heterocycles. The first kappa shape index (κ1) is 19.6. The molecule has 0 atom stereocenters. The predicted octanol–water partition coefficient (Wildman–Crippen LogP) is 7.98. The number of unbranched alkanes of at least 4 members (excludes halogenated alkanes) is 1. The van der Waals surface area contributed by atoms with Gasteiger partial charge in [0.15, 0.2) is 0 Å². The standard InChI is InChI=1S/C25H37F/c1-2-3-5-20-7-11-22(12-8-20)24-15-17-25(18-16-24)23-13-9-21(10-14-23)6-4-19-26/h4,7-8,11-12,19,21,23-25H,2-3,5-6,9-10,13-18H2,1H3/b19-4+. The fourth-order valence-corrected chi connectivity index (χ4v) is 5.40. The minimum Gasteiger partial charge on any atom is -0.216 e. The second-order valence-corrected chi connectivity index (χ2v) is 8.84. The fourth-order valence-electron chi connectivity index (χ4n) is 5.40. The Labute approximate surface area is 160 Å². The third kappa shape index (κ3) is 5.44. The van der Waals surface area contributed by atoms with Crippen molar-refractivity contribution in [1.82, 2.24) is 0 Å². The number of rotatable bonds is 7. The van der Waals surface area contributed by atoms with Crippen molar-refractivity contribution < 1.29 is 4.39 Å². The van der Waals surface area contributed by atoms with Crippen molar-refractivity contribution in [3.8, 4) is 0 Å². The average molecular weight is 357 g/mol. The predicted molar refractivity (Wildman–Crippen MR) is 110 cm³/mol. The van der Waals surface area contributed by atoms with Crippen LogP contribution in [0.5, 0.6) is 0 Å². The molecule has 0 N–H and O–H groups in total. The number of allylic oxidation sites excluding steroid dienone is 1. The second kappa shape index (κ2) is 10.3. The molecule has 0 unspecified atom stereocenters. The maximum Gasteiger partial charge on any atom is 0.0827 e. The van der Waals surface area contributed by atoms with E-state index in [-0.39, 0.29) is 0 Å². The van der Waals surface area contributed by atoms with Crippen molar-refractivity contribution in [3.05, 3.63) is 47.8 Å². The number of aryl methyl sites for hydroxylation is 1. The van der Waals surface area contributed by atoms with Crippen LogP contribution in [0.15, 0.2) is 36.7 Å². The molecular formula is C25H37F. The van der Waals surface area contributed by atoms with Gasteiger partial charge in [0.05, 0.1) is 6.33 Å². The van der Waals surface area contributed by atoms with E-state index >= 15 is 0 Å². The highest BCUT2D eigenvalue weighted by molar-refractivity contribution is 5.26. The quantitative estimate of drug-likeness (QED) is 0.464. The normalized spacial score (nSPS) is 29.9. The summed E-state index contributed by atoms with van der Waals surface area (Å²) >= 11 is 0. The lowest BCUT2D eigenvalue weighted by Crippen LogP contribution is -2.25. The van der Waals surface area contributed by atoms with Gasteiger partial charge in [0.25, 0.3) is 0 Å². The molecule has 0 saturated heterocycles. The molecule has 0 amide bonds. The summed E-state index contributed by atoms with van der Waals surface area (Å²) in [7, 11) is 0. The van der Waals surface area contributed by atoms with Crippen LogP contribution in [0.25, 0.3) is 0 Å². The van der Waals surface area contributed by atoms with E-state index in [9.17, 15) is 4.39 Å². The van der Waals surface area contributed by atoms with Gasteiger partial charge in [0, 0.05) is 0 Å². The zero-order chi connectivity index (χ0) is 18.2. The number of benzene rings is 1. The van der Waals surface area contributed by atoms with Crippen molar-refractivity contribution in [3.63, 3.8) is 0 Å². The second-order valence-electron chi connectivity index (χ2n) is 8.84. The van der Waals surface area contributed by atoms with Crippen LogP contribution in [0.4, 0.5) is 4.39 Å². The first-order valence-corrected chi connectivity index (χ1v) is 11.1. The lowest BCUT2D eigenvalue weighted by Gasteiger charge is -2.38. The van der Waals surface area contributed by atoms with E-state index in [2.05, 4.69) is 31.2 Å². The van der Waals surface area contributed by atoms with Crippen LogP contribution in [0, 0.1) is 17.8 Å².